The van der Waals surface area contributed by atoms with Crippen LogP contribution in [0.15, 0.2) is 36.5 Å². The van der Waals surface area contributed by atoms with E-state index in [2.05, 4.69) is 52.5 Å². The van der Waals surface area contributed by atoms with Crippen LogP contribution in [0.3, 0.4) is 0 Å². The molecule has 0 aromatic carbocycles. The van der Waals surface area contributed by atoms with E-state index in [0.29, 0.717) is 24.4 Å². The van der Waals surface area contributed by atoms with Gasteiger partial charge in [-0.1, -0.05) is 58.6 Å². The zero-order chi connectivity index (χ0) is 16.5. The first-order chi connectivity index (χ1) is 10.5. The molecule has 0 saturated heterocycles. The Bertz CT molecular complexity index is 406. The summed E-state index contributed by atoms with van der Waals surface area (Å²) in [5.74, 6) is 1.71. The van der Waals surface area contributed by atoms with Crippen LogP contribution in [0.2, 0.25) is 0 Å². The third kappa shape index (κ3) is 5.92. The first-order valence-electron chi connectivity index (χ1n) is 8.54. The van der Waals surface area contributed by atoms with Gasteiger partial charge in [0, 0.05) is 5.92 Å². The van der Waals surface area contributed by atoms with Gasteiger partial charge < -0.3 is 9.53 Å². The summed E-state index contributed by atoms with van der Waals surface area (Å²) in [5.41, 5.74) is 1.26. The molecule has 22 heavy (non-hydrogen) atoms. The van der Waals surface area contributed by atoms with Crippen molar-refractivity contribution in [2.45, 2.75) is 53.1 Å². The van der Waals surface area contributed by atoms with Crippen LogP contribution in [0.4, 0.5) is 0 Å². The van der Waals surface area contributed by atoms with E-state index in [1.165, 1.54) is 5.57 Å². The molecule has 1 aliphatic rings. The molecule has 2 nitrogen and oxygen atoms in total. The molecule has 0 aliphatic heterocycles. The molecule has 0 aromatic heterocycles. The van der Waals surface area contributed by atoms with E-state index in [-0.39, 0.29) is 12.0 Å². The van der Waals surface area contributed by atoms with Crippen LogP contribution >= 0.6 is 0 Å². The Morgan fingerprint density at radius 1 is 1.27 bits per heavy atom. The second-order valence-electron chi connectivity index (χ2n) is 6.94. The van der Waals surface area contributed by atoms with Gasteiger partial charge in [-0.15, -0.1) is 0 Å². The highest BCUT2D eigenvalue weighted by atomic mass is 16.5. The number of carbonyl (C=O) groups is 1. The second kappa shape index (κ2) is 9.78. The molecule has 0 spiro atoms. The Morgan fingerprint density at radius 3 is 2.59 bits per heavy atom. The molecule has 1 rings (SSSR count). The lowest BCUT2D eigenvalue weighted by Gasteiger charge is -2.37. The number of hydrogen-bond acceptors (Lipinski definition) is 2. The van der Waals surface area contributed by atoms with Gasteiger partial charge in [-0.05, 0) is 42.6 Å². The predicted octanol–water partition coefficient (Wildman–Crippen LogP) is 4.97. The van der Waals surface area contributed by atoms with Gasteiger partial charge in [-0.3, -0.25) is 0 Å². The summed E-state index contributed by atoms with van der Waals surface area (Å²) in [6.07, 6.45) is 12.6. The molecule has 0 aromatic rings. The van der Waals surface area contributed by atoms with Crippen LogP contribution in [0.5, 0.6) is 0 Å². The van der Waals surface area contributed by atoms with E-state index in [0.717, 1.165) is 25.5 Å². The maximum Gasteiger partial charge on any atom is 0.123 e. The van der Waals surface area contributed by atoms with Gasteiger partial charge in [0.05, 0.1) is 12.7 Å². The second-order valence-corrected chi connectivity index (χ2v) is 6.94. The van der Waals surface area contributed by atoms with Crippen molar-refractivity contribution < 1.29 is 9.53 Å². The number of allylic oxidation sites excluding steroid dienone is 4. The first-order valence-corrected chi connectivity index (χ1v) is 8.54. The third-order valence-corrected chi connectivity index (χ3v) is 4.81. The van der Waals surface area contributed by atoms with E-state index in [1.807, 2.05) is 6.08 Å². The van der Waals surface area contributed by atoms with Crippen molar-refractivity contribution in [3.05, 3.63) is 36.5 Å². The first kappa shape index (κ1) is 18.9. The van der Waals surface area contributed by atoms with E-state index in [9.17, 15) is 4.79 Å². The van der Waals surface area contributed by atoms with Gasteiger partial charge in [-0.2, -0.15) is 0 Å². The summed E-state index contributed by atoms with van der Waals surface area (Å²) in [6.45, 7) is 13.3. The molecule has 4 unspecified atom stereocenters. The third-order valence-electron chi connectivity index (χ3n) is 4.81. The summed E-state index contributed by atoms with van der Waals surface area (Å²) < 4.78 is 6.00. The van der Waals surface area contributed by atoms with Crippen LogP contribution in [-0.2, 0) is 9.53 Å². The SMILES string of the molecule is C=C/C(=C\C=C\COC1CCC(C=O)C(C)C1C)CC(C)C. The Hall–Kier alpha value is -1.15. The van der Waals surface area contributed by atoms with Crippen molar-refractivity contribution in [3.8, 4) is 0 Å². The number of hydrogen-bond donors (Lipinski definition) is 0. The van der Waals surface area contributed by atoms with Gasteiger partial charge >= 0.3 is 0 Å². The van der Waals surface area contributed by atoms with Crippen molar-refractivity contribution >= 4 is 6.29 Å². The van der Waals surface area contributed by atoms with Crippen LogP contribution < -0.4 is 0 Å². The topological polar surface area (TPSA) is 26.3 Å². The van der Waals surface area contributed by atoms with Crippen molar-refractivity contribution in [3.63, 3.8) is 0 Å². The van der Waals surface area contributed by atoms with Crippen LogP contribution in [-0.4, -0.2) is 19.0 Å². The quantitative estimate of drug-likeness (QED) is 0.467. The summed E-state index contributed by atoms with van der Waals surface area (Å²) >= 11 is 0. The van der Waals surface area contributed by atoms with Crippen LogP contribution in [0, 0.1) is 23.7 Å². The molecule has 124 valence electrons. The molecule has 0 radical (unpaired) electrons. The number of ether oxygens (including phenoxy) is 1. The lowest BCUT2D eigenvalue weighted by atomic mass is 9.73. The maximum absolute atomic E-state index is 11.0. The Morgan fingerprint density at radius 2 is 2.00 bits per heavy atom. The summed E-state index contributed by atoms with van der Waals surface area (Å²) in [4.78, 5) is 11.0. The predicted molar refractivity (Wildman–Crippen MR) is 93.7 cm³/mol. The lowest BCUT2D eigenvalue weighted by molar-refractivity contribution is -0.117. The minimum absolute atomic E-state index is 0.208. The molecule has 0 bridgehead atoms. The van der Waals surface area contributed by atoms with E-state index in [1.54, 1.807) is 0 Å². The van der Waals surface area contributed by atoms with E-state index in [4.69, 9.17) is 4.74 Å². The van der Waals surface area contributed by atoms with E-state index >= 15 is 0 Å². The average Bonchev–Trinajstić information content (AvgIpc) is 2.49. The fourth-order valence-corrected chi connectivity index (χ4v) is 3.16. The average molecular weight is 304 g/mol. The molecular formula is C20H32O2. The summed E-state index contributed by atoms with van der Waals surface area (Å²) in [7, 11) is 0. The molecule has 1 aliphatic carbocycles. The Labute approximate surface area is 136 Å². The van der Waals surface area contributed by atoms with Gasteiger partial charge in [0.15, 0.2) is 0 Å². The minimum atomic E-state index is 0.208. The molecule has 0 heterocycles. The van der Waals surface area contributed by atoms with Gasteiger partial charge in [0.1, 0.15) is 6.29 Å². The highest BCUT2D eigenvalue weighted by Gasteiger charge is 2.34. The van der Waals surface area contributed by atoms with Crippen molar-refractivity contribution in [1.82, 2.24) is 0 Å². The lowest BCUT2D eigenvalue weighted by Crippen LogP contribution is -2.37. The van der Waals surface area contributed by atoms with Crippen molar-refractivity contribution in [2.24, 2.45) is 23.7 Å². The fraction of sp³-hybridized carbons (Fsp3) is 0.650. The minimum Gasteiger partial charge on any atom is -0.374 e. The Kier molecular flexibility index (Phi) is 8.40. The molecule has 4 atom stereocenters. The maximum atomic E-state index is 11.0. The molecular weight excluding hydrogens is 272 g/mol. The number of carbonyl (C=O) groups excluding carboxylic acids is 1. The van der Waals surface area contributed by atoms with Crippen molar-refractivity contribution in [1.29, 1.82) is 0 Å². The number of rotatable bonds is 8. The molecule has 0 amide bonds. The molecule has 1 fully saturated rings. The normalized spacial score (nSPS) is 30.0. The zero-order valence-electron chi connectivity index (χ0n) is 14.6. The van der Waals surface area contributed by atoms with Gasteiger partial charge in [0.25, 0.3) is 0 Å². The molecule has 0 N–H and O–H groups in total. The Balaban J connectivity index is 2.40. The summed E-state index contributed by atoms with van der Waals surface area (Å²) in [6, 6.07) is 0. The zero-order valence-corrected chi connectivity index (χ0v) is 14.6. The summed E-state index contributed by atoms with van der Waals surface area (Å²) in [5, 5.41) is 0. The van der Waals surface area contributed by atoms with Crippen LogP contribution in [0.25, 0.3) is 0 Å². The van der Waals surface area contributed by atoms with Gasteiger partial charge in [-0.25, -0.2) is 0 Å². The van der Waals surface area contributed by atoms with Gasteiger partial charge in [0.2, 0.25) is 0 Å². The standard InChI is InChI=1S/C20H32O2/c1-6-18(13-15(2)3)9-7-8-12-22-20-11-10-19(14-21)16(4)17(20)5/h6-9,14-17,19-20H,1,10-13H2,2-5H3/b8-7+,18-9+. The number of aldehydes is 1. The highest BCUT2D eigenvalue weighted by Crippen LogP contribution is 2.35. The smallest absolute Gasteiger partial charge is 0.123 e. The molecule has 2 heteroatoms. The van der Waals surface area contributed by atoms with Crippen LogP contribution in [0.1, 0.15) is 47.0 Å². The monoisotopic (exact) mass is 304 g/mol. The van der Waals surface area contributed by atoms with Crippen molar-refractivity contribution in [2.75, 3.05) is 6.61 Å². The van der Waals surface area contributed by atoms with E-state index < -0.39 is 0 Å². The fourth-order valence-electron chi connectivity index (χ4n) is 3.16. The highest BCUT2D eigenvalue weighted by molar-refractivity contribution is 5.54. The molecule has 1 saturated carbocycles. The largest absolute Gasteiger partial charge is 0.374 e.